The number of carboxylic acids is 2. The fourth-order valence-electron chi connectivity index (χ4n) is 2.95. The van der Waals surface area contributed by atoms with Crippen molar-refractivity contribution in [1.29, 1.82) is 0 Å². The summed E-state index contributed by atoms with van der Waals surface area (Å²) in [4.78, 5) is 46.1. The molecular weight excluding hydrogens is 340 g/mol. The molecule has 3 aromatic carbocycles. The highest BCUT2D eigenvalue weighted by Gasteiger charge is 2.20. The molecule has 0 aliphatic heterocycles. The fourth-order valence-corrected chi connectivity index (χ4v) is 2.95. The summed E-state index contributed by atoms with van der Waals surface area (Å²) in [6, 6.07) is 8.41. The van der Waals surface area contributed by atoms with Crippen molar-refractivity contribution in [2.24, 2.45) is 11.5 Å². The van der Waals surface area contributed by atoms with E-state index < -0.39 is 29.3 Å². The molecule has 0 saturated carbocycles. The first-order chi connectivity index (χ1) is 12.2. The Hall–Kier alpha value is -3.94. The Balaban J connectivity index is 2.46. The van der Waals surface area contributed by atoms with Crippen LogP contribution in [-0.4, -0.2) is 34.0 Å². The van der Waals surface area contributed by atoms with Crippen LogP contribution in [0.15, 0.2) is 36.4 Å². The number of hydrogen-bond acceptors (Lipinski definition) is 4. The molecule has 0 unspecified atom stereocenters. The molecule has 8 heteroatoms. The first-order valence-electron chi connectivity index (χ1n) is 7.31. The highest BCUT2D eigenvalue weighted by molar-refractivity contribution is 6.17. The number of carboxylic acid groups (broad SMARTS) is 2. The standard InChI is InChI=1S/C18H12N2O6/c19-15(21)10-2-1-7-3-8-5-12(17(23)24)13(18(25)26)6-9(8)4-11(7)14(10)16(20)22/h1-6H,(H2,19,21)(H2,20,22)(H,23,24)(H,25,26). The van der Waals surface area contributed by atoms with Gasteiger partial charge in [0, 0.05) is 0 Å². The maximum atomic E-state index is 11.8. The second kappa shape index (κ2) is 5.85. The summed E-state index contributed by atoms with van der Waals surface area (Å²) in [7, 11) is 0. The number of aromatic carboxylic acids is 2. The van der Waals surface area contributed by atoms with Gasteiger partial charge in [0.2, 0.25) is 11.8 Å². The summed E-state index contributed by atoms with van der Waals surface area (Å²) in [5.74, 6) is -4.45. The quantitative estimate of drug-likeness (QED) is 0.521. The average Bonchev–Trinajstić information content (AvgIpc) is 2.57. The molecule has 0 aliphatic rings. The molecule has 0 aliphatic carbocycles. The molecule has 0 saturated heterocycles. The molecule has 2 amide bonds. The Morgan fingerprint density at radius 3 is 1.65 bits per heavy atom. The highest BCUT2D eigenvalue weighted by atomic mass is 16.4. The monoisotopic (exact) mass is 352 g/mol. The van der Waals surface area contributed by atoms with Gasteiger partial charge in [0.05, 0.1) is 22.3 Å². The molecule has 3 aromatic rings. The zero-order chi connectivity index (χ0) is 19.2. The van der Waals surface area contributed by atoms with E-state index in [-0.39, 0.29) is 16.7 Å². The Kier molecular flexibility index (Phi) is 3.80. The van der Waals surface area contributed by atoms with Gasteiger partial charge < -0.3 is 21.7 Å². The van der Waals surface area contributed by atoms with Crippen molar-refractivity contribution in [2.45, 2.75) is 0 Å². The van der Waals surface area contributed by atoms with Crippen molar-refractivity contribution < 1.29 is 29.4 Å². The van der Waals surface area contributed by atoms with Crippen LogP contribution in [0.1, 0.15) is 41.4 Å². The maximum absolute atomic E-state index is 11.8. The van der Waals surface area contributed by atoms with Gasteiger partial charge in [-0.1, -0.05) is 6.07 Å². The summed E-state index contributed by atoms with van der Waals surface area (Å²) >= 11 is 0. The highest BCUT2D eigenvalue weighted by Crippen LogP contribution is 2.29. The SMILES string of the molecule is NC(=O)c1ccc2cc3cc(C(=O)O)c(C(=O)O)cc3cc2c1C(N)=O. The molecule has 0 fully saturated rings. The minimum absolute atomic E-state index is 0.0510. The van der Waals surface area contributed by atoms with Crippen LogP contribution >= 0.6 is 0 Å². The Morgan fingerprint density at radius 1 is 0.654 bits per heavy atom. The topological polar surface area (TPSA) is 161 Å². The van der Waals surface area contributed by atoms with Crippen molar-refractivity contribution in [1.82, 2.24) is 0 Å². The van der Waals surface area contributed by atoms with E-state index in [1.165, 1.54) is 24.3 Å². The summed E-state index contributed by atoms with van der Waals surface area (Å²) in [5.41, 5.74) is 9.80. The van der Waals surface area contributed by atoms with Crippen molar-refractivity contribution in [2.75, 3.05) is 0 Å². The lowest BCUT2D eigenvalue weighted by molar-refractivity contribution is 0.0652. The van der Waals surface area contributed by atoms with Crippen molar-refractivity contribution in [3.8, 4) is 0 Å². The third-order valence-electron chi connectivity index (χ3n) is 4.09. The van der Waals surface area contributed by atoms with Gasteiger partial charge >= 0.3 is 11.9 Å². The lowest BCUT2D eigenvalue weighted by atomic mass is 9.93. The third kappa shape index (κ3) is 2.59. The molecule has 0 heterocycles. The van der Waals surface area contributed by atoms with E-state index >= 15 is 0 Å². The number of carbonyl (C=O) groups excluding carboxylic acids is 2. The zero-order valence-corrected chi connectivity index (χ0v) is 13.1. The van der Waals surface area contributed by atoms with Gasteiger partial charge in [-0.25, -0.2) is 9.59 Å². The van der Waals surface area contributed by atoms with Gasteiger partial charge in [0.25, 0.3) is 0 Å². The van der Waals surface area contributed by atoms with Crippen molar-refractivity contribution >= 4 is 45.3 Å². The number of benzene rings is 3. The van der Waals surface area contributed by atoms with Crippen LogP contribution in [0.25, 0.3) is 21.5 Å². The maximum Gasteiger partial charge on any atom is 0.336 e. The van der Waals surface area contributed by atoms with Gasteiger partial charge in [-0.2, -0.15) is 0 Å². The number of amides is 2. The first-order valence-corrected chi connectivity index (χ1v) is 7.31. The van der Waals surface area contributed by atoms with E-state index in [0.717, 1.165) is 0 Å². The van der Waals surface area contributed by atoms with E-state index in [0.29, 0.717) is 21.5 Å². The lowest BCUT2D eigenvalue weighted by Crippen LogP contribution is -2.20. The summed E-state index contributed by atoms with van der Waals surface area (Å²) in [6.07, 6.45) is 0. The Bertz CT molecular complexity index is 1140. The molecule has 8 nitrogen and oxygen atoms in total. The second-order valence-electron chi connectivity index (χ2n) is 5.65. The molecule has 0 aromatic heterocycles. The van der Waals surface area contributed by atoms with Crippen LogP contribution in [-0.2, 0) is 0 Å². The molecule has 3 rings (SSSR count). The minimum Gasteiger partial charge on any atom is -0.478 e. The Morgan fingerprint density at radius 2 is 1.19 bits per heavy atom. The molecule has 0 bridgehead atoms. The second-order valence-corrected chi connectivity index (χ2v) is 5.65. The van der Waals surface area contributed by atoms with E-state index in [4.69, 9.17) is 11.5 Å². The van der Waals surface area contributed by atoms with Gasteiger partial charge in [0.15, 0.2) is 0 Å². The lowest BCUT2D eigenvalue weighted by Gasteiger charge is -2.11. The summed E-state index contributed by atoms with van der Waals surface area (Å²) in [6.45, 7) is 0. The van der Waals surface area contributed by atoms with Gasteiger partial charge in [-0.15, -0.1) is 0 Å². The Labute approximate surface area is 145 Å². The fraction of sp³-hybridized carbons (Fsp3) is 0. The molecule has 0 radical (unpaired) electrons. The number of primary amides is 2. The van der Waals surface area contributed by atoms with Crippen LogP contribution < -0.4 is 11.5 Å². The van der Waals surface area contributed by atoms with Crippen LogP contribution in [0.2, 0.25) is 0 Å². The summed E-state index contributed by atoms with van der Waals surface area (Å²) in [5, 5.41) is 20.2. The molecule has 130 valence electrons. The summed E-state index contributed by atoms with van der Waals surface area (Å²) < 4.78 is 0. The van der Waals surface area contributed by atoms with Crippen LogP contribution in [0.3, 0.4) is 0 Å². The zero-order valence-electron chi connectivity index (χ0n) is 13.1. The predicted octanol–water partition coefficient (Wildman–Crippen LogP) is 1.59. The van der Waals surface area contributed by atoms with Crippen LogP contribution in [0, 0.1) is 0 Å². The first kappa shape index (κ1) is 16.9. The number of carbonyl (C=O) groups is 4. The van der Waals surface area contributed by atoms with Gasteiger partial charge in [0.1, 0.15) is 0 Å². The van der Waals surface area contributed by atoms with Gasteiger partial charge in [-0.05, 0) is 51.9 Å². The van der Waals surface area contributed by atoms with Crippen LogP contribution in [0.5, 0.6) is 0 Å². The normalized spacial score (nSPS) is 10.8. The van der Waals surface area contributed by atoms with E-state index in [1.54, 1.807) is 12.1 Å². The third-order valence-corrected chi connectivity index (χ3v) is 4.09. The minimum atomic E-state index is -1.40. The van der Waals surface area contributed by atoms with E-state index in [2.05, 4.69) is 0 Å². The number of nitrogens with two attached hydrogens (primary N) is 2. The number of rotatable bonds is 4. The number of hydrogen-bond donors (Lipinski definition) is 4. The molecule has 6 N–H and O–H groups in total. The van der Waals surface area contributed by atoms with E-state index in [9.17, 15) is 29.4 Å². The van der Waals surface area contributed by atoms with Crippen LogP contribution in [0.4, 0.5) is 0 Å². The average molecular weight is 352 g/mol. The largest absolute Gasteiger partial charge is 0.478 e. The molecule has 0 spiro atoms. The predicted molar refractivity (Wildman–Crippen MR) is 92.4 cm³/mol. The number of fused-ring (bicyclic) bond motifs is 2. The van der Waals surface area contributed by atoms with Crippen molar-refractivity contribution in [3.05, 3.63) is 58.7 Å². The molecular formula is C18H12N2O6. The van der Waals surface area contributed by atoms with Gasteiger partial charge in [-0.3, -0.25) is 9.59 Å². The van der Waals surface area contributed by atoms with E-state index in [1.807, 2.05) is 0 Å². The van der Waals surface area contributed by atoms with Crippen molar-refractivity contribution in [3.63, 3.8) is 0 Å². The molecule has 0 atom stereocenters. The smallest absolute Gasteiger partial charge is 0.336 e. The molecule has 26 heavy (non-hydrogen) atoms.